The number of carbonyl (C=O) groups excluding carboxylic acids is 2. The normalized spacial score (nSPS) is 10.9. The minimum atomic E-state index is -0.798. The topological polar surface area (TPSA) is 173 Å². The summed E-state index contributed by atoms with van der Waals surface area (Å²) in [6.07, 6.45) is -1.58. The third-order valence-electron chi connectivity index (χ3n) is 12.1. The van der Waals surface area contributed by atoms with Gasteiger partial charge in [0.2, 0.25) is 11.8 Å². The molecule has 0 aliphatic carbocycles. The molecule has 388 valence electrons. The fraction of sp³-hybridized carbons (Fsp3) is 0.186. The van der Waals surface area contributed by atoms with Gasteiger partial charge in [0.25, 0.3) is 0 Å². The number of hydrogen-bond donors (Lipinski definition) is 1. The van der Waals surface area contributed by atoms with Crippen LogP contribution < -0.4 is 37.9 Å². The van der Waals surface area contributed by atoms with Crippen molar-refractivity contribution in [2.45, 2.75) is 33.6 Å². The van der Waals surface area contributed by atoms with Crippen LogP contribution in [-0.2, 0) is 29.2 Å². The Hall–Kier alpha value is -9.22. The lowest BCUT2D eigenvalue weighted by atomic mass is 10.0. The first kappa shape index (κ1) is 51.7. The highest BCUT2D eigenvalue weighted by atomic mass is 32.1. The van der Waals surface area contributed by atoms with Crippen LogP contribution in [0.4, 0.5) is 9.59 Å². The number of ether oxygens (including phenoxy) is 10. The predicted octanol–water partition coefficient (Wildman–Crippen LogP) is 13.5. The maximum Gasteiger partial charge on any atom is 0.515 e. The SMILES string of the molecule is CCOC(=O)Oc1[nH]c2cc(OCc3ccccc3)c(OC)cc2c1-c1ccc(OC)cc1.CCOC(=O)Oc1c(-c2ccc(OC)cc2)c2cc(OC)c(OCc3ccccc3)cc2n1Cc1ccc2nsnc2c1. The molecule has 0 bridgehead atoms. The highest BCUT2D eigenvalue weighted by Gasteiger charge is 2.27. The summed E-state index contributed by atoms with van der Waals surface area (Å²) in [5.74, 6) is 4.27. The molecule has 17 heteroatoms. The molecule has 3 aromatic heterocycles. The van der Waals surface area contributed by atoms with E-state index in [9.17, 15) is 9.59 Å². The molecule has 0 saturated carbocycles. The Kier molecular flexibility index (Phi) is 16.5. The maximum atomic E-state index is 12.8. The zero-order valence-electron chi connectivity index (χ0n) is 42.6. The number of rotatable bonds is 18. The second-order valence-corrected chi connectivity index (χ2v) is 17.4. The van der Waals surface area contributed by atoms with Gasteiger partial charge in [-0.1, -0.05) is 91.0 Å². The molecule has 3 heterocycles. The van der Waals surface area contributed by atoms with Gasteiger partial charge in [-0.25, -0.2) is 9.59 Å². The molecular weight excluding hydrogens is 989 g/mol. The standard InChI is InChI=1S/C33H29N3O6S.C26H25NO6/c1-4-40-33(37)42-32-31(23-11-13-24(38-2)14-12-23)25-17-29(39-3)30(41-20-21-8-6-5-7-9-21)18-28(25)36(32)19-22-10-15-26-27(16-22)35-43-34-26;1-4-31-26(28)33-25-24(18-10-12-19(29-2)13-11-18)20-14-22(30-3)23(15-21(20)27-25)32-16-17-8-6-5-7-9-17/h5-18H,4,19-20H2,1-3H3;5-15,27H,4,16H2,1-3H3. The molecule has 10 aromatic rings. The van der Waals surface area contributed by atoms with Gasteiger partial charge in [-0.2, -0.15) is 8.75 Å². The Balaban J connectivity index is 0.000000193. The van der Waals surface area contributed by atoms with Crippen molar-refractivity contribution >= 4 is 56.9 Å². The lowest BCUT2D eigenvalue weighted by Gasteiger charge is -2.14. The molecule has 10 rings (SSSR count). The molecule has 0 spiro atoms. The fourth-order valence-corrected chi connectivity index (χ4v) is 9.03. The number of hydrogen-bond acceptors (Lipinski definition) is 15. The molecule has 0 aliphatic rings. The Bertz CT molecular complexity index is 3580. The Morgan fingerprint density at radius 1 is 0.526 bits per heavy atom. The number of nitrogens with zero attached hydrogens (tertiary/aromatic N) is 3. The van der Waals surface area contributed by atoms with Gasteiger partial charge in [0.15, 0.2) is 23.0 Å². The number of aromatic amines is 1. The van der Waals surface area contributed by atoms with Crippen molar-refractivity contribution in [2.24, 2.45) is 0 Å². The average Bonchev–Trinajstić information content (AvgIpc) is 4.19. The minimum absolute atomic E-state index is 0.176. The van der Waals surface area contributed by atoms with E-state index >= 15 is 0 Å². The summed E-state index contributed by atoms with van der Waals surface area (Å²) in [6.45, 7) is 4.96. The molecule has 7 aromatic carbocycles. The van der Waals surface area contributed by atoms with Gasteiger partial charge in [0.1, 0.15) is 35.7 Å². The summed E-state index contributed by atoms with van der Waals surface area (Å²) in [4.78, 5) is 28.1. The maximum absolute atomic E-state index is 12.8. The monoisotopic (exact) mass is 1040 g/mol. The quantitative estimate of drug-likeness (QED) is 0.0804. The van der Waals surface area contributed by atoms with E-state index in [0.717, 1.165) is 66.4 Å². The number of aromatic nitrogens is 4. The zero-order chi connectivity index (χ0) is 53.0. The second kappa shape index (κ2) is 24.2. The molecule has 0 atom stereocenters. The molecular formula is C59H54N4O12S. The molecule has 0 aliphatic heterocycles. The van der Waals surface area contributed by atoms with Crippen LogP contribution >= 0.6 is 11.7 Å². The summed E-state index contributed by atoms with van der Waals surface area (Å²) in [7, 11) is 6.42. The van der Waals surface area contributed by atoms with Crippen LogP contribution in [0, 0.1) is 0 Å². The first-order valence-corrected chi connectivity index (χ1v) is 24.9. The van der Waals surface area contributed by atoms with Crippen LogP contribution in [0.5, 0.6) is 46.3 Å². The van der Waals surface area contributed by atoms with Gasteiger partial charge in [-0.15, -0.1) is 0 Å². The van der Waals surface area contributed by atoms with Gasteiger partial charge in [0, 0.05) is 22.9 Å². The summed E-state index contributed by atoms with van der Waals surface area (Å²) in [5.41, 5.74) is 9.22. The Labute approximate surface area is 442 Å². The van der Waals surface area contributed by atoms with Crippen molar-refractivity contribution in [2.75, 3.05) is 41.7 Å². The van der Waals surface area contributed by atoms with Gasteiger partial charge in [0.05, 0.1) is 82.1 Å². The number of H-pyrrole nitrogens is 1. The van der Waals surface area contributed by atoms with Crippen LogP contribution in [-0.4, -0.2) is 72.3 Å². The van der Waals surface area contributed by atoms with Gasteiger partial charge < -0.3 is 56.9 Å². The molecule has 16 nitrogen and oxygen atoms in total. The van der Waals surface area contributed by atoms with Crippen LogP contribution in [0.1, 0.15) is 30.5 Å². The van der Waals surface area contributed by atoms with Crippen molar-refractivity contribution in [3.05, 3.63) is 168 Å². The summed E-state index contributed by atoms with van der Waals surface area (Å²) >= 11 is 1.17. The van der Waals surface area contributed by atoms with Crippen LogP contribution in [0.15, 0.2) is 152 Å². The molecule has 0 amide bonds. The lowest BCUT2D eigenvalue weighted by molar-refractivity contribution is 0.101. The summed E-state index contributed by atoms with van der Waals surface area (Å²) in [6, 6.07) is 48.3. The van der Waals surface area contributed by atoms with Gasteiger partial charge in [-0.3, -0.25) is 0 Å². The molecule has 0 fully saturated rings. The van der Waals surface area contributed by atoms with Crippen LogP contribution in [0.2, 0.25) is 0 Å². The first-order valence-electron chi connectivity index (χ1n) is 24.2. The van der Waals surface area contributed by atoms with E-state index in [1.807, 2.05) is 156 Å². The van der Waals surface area contributed by atoms with Gasteiger partial charge >= 0.3 is 12.3 Å². The van der Waals surface area contributed by atoms with Gasteiger partial charge in [-0.05, 0) is 90.2 Å². The number of carbonyl (C=O) groups is 2. The highest BCUT2D eigenvalue weighted by Crippen LogP contribution is 2.46. The third-order valence-corrected chi connectivity index (χ3v) is 12.7. The number of nitrogens with one attached hydrogen (secondary N) is 1. The predicted molar refractivity (Wildman–Crippen MR) is 291 cm³/mol. The largest absolute Gasteiger partial charge is 0.515 e. The Morgan fingerprint density at radius 2 is 1.07 bits per heavy atom. The lowest BCUT2D eigenvalue weighted by Crippen LogP contribution is -2.14. The number of methoxy groups -OCH3 is 4. The van der Waals surface area contributed by atoms with Crippen molar-refractivity contribution in [3.8, 4) is 68.5 Å². The van der Waals surface area contributed by atoms with Crippen molar-refractivity contribution < 1.29 is 57.0 Å². The highest BCUT2D eigenvalue weighted by molar-refractivity contribution is 7.00. The zero-order valence-corrected chi connectivity index (χ0v) is 43.4. The van der Waals surface area contributed by atoms with E-state index in [-0.39, 0.29) is 19.1 Å². The number of benzene rings is 7. The minimum Gasteiger partial charge on any atom is -0.497 e. The fourth-order valence-electron chi connectivity index (χ4n) is 8.51. The smallest absolute Gasteiger partial charge is 0.497 e. The van der Waals surface area contributed by atoms with E-state index < -0.39 is 12.3 Å². The Morgan fingerprint density at radius 3 is 1.63 bits per heavy atom. The van der Waals surface area contributed by atoms with E-state index in [0.29, 0.717) is 65.5 Å². The molecule has 0 radical (unpaired) electrons. The van der Waals surface area contributed by atoms with Crippen LogP contribution in [0.3, 0.4) is 0 Å². The second-order valence-electron chi connectivity index (χ2n) is 16.8. The van der Waals surface area contributed by atoms with Crippen LogP contribution in [0.25, 0.3) is 55.1 Å². The summed E-state index contributed by atoms with van der Waals surface area (Å²) < 4.78 is 66.7. The van der Waals surface area contributed by atoms with E-state index in [2.05, 4.69) is 13.7 Å². The van der Waals surface area contributed by atoms with E-state index in [4.69, 9.17) is 47.4 Å². The molecule has 0 unspecified atom stereocenters. The van der Waals surface area contributed by atoms with Crippen molar-refractivity contribution in [1.29, 1.82) is 0 Å². The molecule has 76 heavy (non-hydrogen) atoms. The third kappa shape index (κ3) is 11.7. The van der Waals surface area contributed by atoms with Crippen molar-refractivity contribution in [1.82, 2.24) is 18.3 Å². The number of fused-ring (bicyclic) bond motifs is 3. The summed E-state index contributed by atoms with van der Waals surface area (Å²) in [5, 5.41) is 1.62. The average molecular weight is 1040 g/mol. The molecule has 1 N–H and O–H groups in total. The van der Waals surface area contributed by atoms with E-state index in [1.165, 1.54) is 11.7 Å². The first-order chi connectivity index (χ1) is 37.2. The van der Waals surface area contributed by atoms with Crippen molar-refractivity contribution in [3.63, 3.8) is 0 Å². The van der Waals surface area contributed by atoms with E-state index in [1.54, 1.807) is 42.3 Å². The molecule has 0 saturated heterocycles.